The number of aromatic nitrogens is 4. The van der Waals surface area contributed by atoms with Crippen molar-refractivity contribution in [1.82, 2.24) is 25.2 Å². The lowest BCUT2D eigenvalue weighted by Crippen LogP contribution is -2.41. The van der Waals surface area contributed by atoms with Crippen LogP contribution in [-0.4, -0.2) is 37.7 Å². The lowest BCUT2D eigenvalue weighted by molar-refractivity contribution is 0.0502. The predicted octanol–water partition coefficient (Wildman–Crippen LogP) is 4.17. The number of carbonyl (C=O) groups is 1. The Bertz CT molecular complexity index is 1340. The Morgan fingerprint density at radius 3 is 2.68 bits per heavy atom. The number of amides is 1. The van der Waals surface area contributed by atoms with E-state index in [1.165, 1.54) is 0 Å². The number of hydrogen-bond donors (Lipinski definition) is 1. The Balaban J connectivity index is 1.56. The van der Waals surface area contributed by atoms with E-state index in [4.69, 9.17) is 14.5 Å². The van der Waals surface area contributed by atoms with Gasteiger partial charge in [-0.2, -0.15) is 15.3 Å². The SMILES string of the molecule is Cn1cc2cccc(-c3noc(CC(Cc4ccc(C#N)cc4)NC(=O)OC(C)(C)C)n3)c2n1. The van der Waals surface area contributed by atoms with Crippen molar-refractivity contribution in [3.63, 3.8) is 0 Å². The molecule has 0 spiro atoms. The standard InChI is InChI=1S/C25H26N6O3/c1-25(2,3)33-24(32)27-19(12-16-8-10-17(14-26)11-9-16)13-21-28-23(30-34-21)20-7-5-6-18-15-31(4)29-22(18)20/h5-11,15,19H,12-13H2,1-4H3,(H,27,32). The quantitative estimate of drug-likeness (QED) is 0.460. The second-order valence-electron chi connectivity index (χ2n) is 9.12. The summed E-state index contributed by atoms with van der Waals surface area (Å²) in [6.45, 7) is 5.43. The van der Waals surface area contributed by atoms with E-state index in [0.717, 1.165) is 22.0 Å². The molecule has 2 aromatic carbocycles. The van der Waals surface area contributed by atoms with Crippen LogP contribution >= 0.6 is 0 Å². The average Bonchev–Trinajstić information content (AvgIpc) is 3.38. The fourth-order valence-corrected chi connectivity index (χ4v) is 3.65. The van der Waals surface area contributed by atoms with Crippen LogP contribution < -0.4 is 5.32 Å². The number of nitrogens with zero attached hydrogens (tertiary/aromatic N) is 5. The zero-order valence-electron chi connectivity index (χ0n) is 19.6. The number of rotatable bonds is 6. The molecule has 2 aromatic heterocycles. The second kappa shape index (κ2) is 9.35. The van der Waals surface area contributed by atoms with Gasteiger partial charge in [0.05, 0.1) is 17.2 Å². The van der Waals surface area contributed by atoms with Crippen LogP contribution in [0, 0.1) is 11.3 Å². The molecule has 1 N–H and O–H groups in total. The van der Waals surface area contributed by atoms with Crippen molar-refractivity contribution in [2.75, 3.05) is 0 Å². The van der Waals surface area contributed by atoms with E-state index in [2.05, 4.69) is 26.6 Å². The van der Waals surface area contributed by atoms with Gasteiger partial charge in [-0.05, 0) is 51.0 Å². The number of benzene rings is 2. The molecule has 1 amide bonds. The van der Waals surface area contributed by atoms with Gasteiger partial charge in [0.25, 0.3) is 0 Å². The van der Waals surface area contributed by atoms with Crippen LogP contribution in [0.5, 0.6) is 0 Å². The van der Waals surface area contributed by atoms with Crippen LogP contribution in [0.4, 0.5) is 4.79 Å². The molecule has 0 aliphatic rings. The molecule has 0 aliphatic heterocycles. The number of carbonyl (C=O) groups excluding carboxylic acids is 1. The molecule has 34 heavy (non-hydrogen) atoms. The smallest absolute Gasteiger partial charge is 0.407 e. The highest BCUT2D eigenvalue weighted by Gasteiger charge is 2.23. The van der Waals surface area contributed by atoms with Gasteiger partial charge in [0.1, 0.15) is 11.1 Å². The van der Waals surface area contributed by atoms with Crippen LogP contribution in [0.2, 0.25) is 0 Å². The van der Waals surface area contributed by atoms with Crippen LogP contribution in [0.25, 0.3) is 22.3 Å². The summed E-state index contributed by atoms with van der Waals surface area (Å²) in [6, 6.07) is 14.8. The third-order valence-electron chi connectivity index (χ3n) is 5.07. The van der Waals surface area contributed by atoms with Gasteiger partial charge in [-0.1, -0.05) is 29.4 Å². The topological polar surface area (TPSA) is 119 Å². The Hall–Kier alpha value is -4.19. The second-order valence-corrected chi connectivity index (χ2v) is 9.12. The first-order valence-corrected chi connectivity index (χ1v) is 10.9. The van der Waals surface area contributed by atoms with Crippen molar-refractivity contribution >= 4 is 17.0 Å². The molecule has 174 valence electrons. The summed E-state index contributed by atoms with van der Waals surface area (Å²) in [6.07, 6.45) is 2.21. The third-order valence-corrected chi connectivity index (χ3v) is 5.07. The Morgan fingerprint density at radius 1 is 1.21 bits per heavy atom. The van der Waals surface area contributed by atoms with Crippen molar-refractivity contribution in [2.24, 2.45) is 7.05 Å². The third kappa shape index (κ3) is 5.59. The zero-order chi connectivity index (χ0) is 24.3. The Morgan fingerprint density at radius 2 is 1.97 bits per heavy atom. The zero-order valence-corrected chi connectivity index (χ0v) is 19.6. The fraction of sp³-hybridized carbons (Fsp3) is 0.320. The van der Waals surface area contributed by atoms with Crippen molar-refractivity contribution in [3.8, 4) is 17.5 Å². The minimum absolute atomic E-state index is 0.310. The van der Waals surface area contributed by atoms with Gasteiger partial charge in [-0.15, -0.1) is 0 Å². The molecular weight excluding hydrogens is 432 g/mol. The van der Waals surface area contributed by atoms with Crippen LogP contribution in [0.3, 0.4) is 0 Å². The number of aryl methyl sites for hydroxylation is 1. The predicted molar refractivity (Wildman–Crippen MR) is 126 cm³/mol. The van der Waals surface area contributed by atoms with Crippen LogP contribution in [-0.2, 0) is 24.6 Å². The summed E-state index contributed by atoms with van der Waals surface area (Å²) < 4.78 is 12.7. The van der Waals surface area contributed by atoms with E-state index in [0.29, 0.717) is 30.1 Å². The number of fused-ring (bicyclic) bond motifs is 1. The molecular formula is C25H26N6O3. The Labute approximate surface area is 197 Å². The maximum Gasteiger partial charge on any atom is 0.407 e. The van der Waals surface area contributed by atoms with Crippen LogP contribution in [0.1, 0.15) is 37.8 Å². The Kier molecular flexibility index (Phi) is 6.32. The minimum Gasteiger partial charge on any atom is -0.444 e. The lowest BCUT2D eigenvalue weighted by Gasteiger charge is -2.23. The summed E-state index contributed by atoms with van der Waals surface area (Å²) in [5.41, 5.74) is 2.47. The van der Waals surface area contributed by atoms with Crippen molar-refractivity contribution in [3.05, 3.63) is 65.7 Å². The van der Waals surface area contributed by atoms with Gasteiger partial charge in [-0.25, -0.2) is 4.79 Å². The number of nitriles is 1. The van der Waals surface area contributed by atoms with Gasteiger partial charge in [0.2, 0.25) is 11.7 Å². The maximum atomic E-state index is 12.5. The summed E-state index contributed by atoms with van der Waals surface area (Å²) in [5, 5.41) is 21.6. The van der Waals surface area contributed by atoms with Crippen molar-refractivity contribution in [1.29, 1.82) is 5.26 Å². The molecule has 4 rings (SSSR count). The van der Waals surface area contributed by atoms with Gasteiger partial charge in [0.15, 0.2) is 0 Å². The fourth-order valence-electron chi connectivity index (χ4n) is 3.65. The van der Waals surface area contributed by atoms with Crippen molar-refractivity contribution < 1.29 is 14.1 Å². The number of hydrogen-bond acceptors (Lipinski definition) is 7. The average molecular weight is 459 g/mol. The van der Waals surface area contributed by atoms with E-state index in [1.54, 1.807) is 16.8 Å². The van der Waals surface area contributed by atoms with E-state index in [1.807, 2.05) is 64.3 Å². The van der Waals surface area contributed by atoms with E-state index >= 15 is 0 Å². The summed E-state index contributed by atoms with van der Waals surface area (Å²) in [7, 11) is 1.86. The molecule has 0 bridgehead atoms. The molecule has 1 unspecified atom stereocenters. The highest BCUT2D eigenvalue weighted by Crippen LogP contribution is 2.25. The molecule has 0 radical (unpaired) electrons. The number of ether oxygens (including phenoxy) is 1. The van der Waals surface area contributed by atoms with Gasteiger partial charge in [-0.3, -0.25) is 4.68 Å². The minimum atomic E-state index is -0.623. The molecule has 1 atom stereocenters. The normalized spacial score (nSPS) is 12.3. The summed E-state index contributed by atoms with van der Waals surface area (Å²) >= 11 is 0. The van der Waals surface area contributed by atoms with Gasteiger partial charge >= 0.3 is 6.09 Å². The molecule has 2 heterocycles. The summed E-state index contributed by atoms with van der Waals surface area (Å²) in [5.74, 6) is 0.825. The molecule has 4 aromatic rings. The molecule has 0 aliphatic carbocycles. The van der Waals surface area contributed by atoms with E-state index in [-0.39, 0.29) is 6.04 Å². The summed E-state index contributed by atoms with van der Waals surface area (Å²) in [4.78, 5) is 17.0. The molecule has 9 nitrogen and oxygen atoms in total. The monoisotopic (exact) mass is 458 g/mol. The highest BCUT2D eigenvalue weighted by molar-refractivity contribution is 5.91. The largest absolute Gasteiger partial charge is 0.444 e. The highest BCUT2D eigenvalue weighted by atomic mass is 16.6. The molecule has 9 heteroatoms. The molecule has 0 saturated heterocycles. The first-order valence-electron chi connectivity index (χ1n) is 10.9. The van der Waals surface area contributed by atoms with Crippen LogP contribution in [0.15, 0.2) is 53.2 Å². The molecule has 0 saturated carbocycles. The first kappa shape index (κ1) is 23.0. The maximum absolute atomic E-state index is 12.5. The number of alkyl carbamates (subject to hydrolysis) is 1. The van der Waals surface area contributed by atoms with E-state index in [9.17, 15) is 4.79 Å². The molecule has 0 fully saturated rings. The number of nitrogens with one attached hydrogen (secondary N) is 1. The van der Waals surface area contributed by atoms with Gasteiger partial charge in [0, 0.05) is 31.1 Å². The van der Waals surface area contributed by atoms with Gasteiger partial charge < -0.3 is 14.6 Å². The lowest BCUT2D eigenvalue weighted by atomic mass is 10.0. The first-order chi connectivity index (χ1) is 16.2. The van der Waals surface area contributed by atoms with Crippen molar-refractivity contribution in [2.45, 2.75) is 45.3 Å². The van der Waals surface area contributed by atoms with E-state index < -0.39 is 11.7 Å².